The van der Waals surface area contributed by atoms with Crippen LogP contribution in [0.5, 0.6) is 5.75 Å². The summed E-state index contributed by atoms with van der Waals surface area (Å²) in [6, 6.07) is 6.96. The molecule has 1 aliphatic rings. The highest BCUT2D eigenvalue weighted by Gasteiger charge is 2.30. The van der Waals surface area contributed by atoms with E-state index >= 15 is 0 Å². The molecule has 0 aromatic heterocycles. The molecule has 82 valence electrons. The van der Waals surface area contributed by atoms with Gasteiger partial charge < -0.3 is 10.4 Å². The van der Waals surface area contributed by atoms with E-state index in [-0.39, 0.29) is 23.3 Å². The van der Waals surface area contributed by atoms with Crippen molar-refractivity contribution in [2.24, 2.45) is 0 Å². The van der Waals surface area contributed by atoms with Gasteiger partial charge in [0.25, 0.3) is 0 Å². The van der Waals surface area contributed by atoms with Gasteiger partial charge in [-0.05, 0) is 12.1 Å². The molecule has 2 rings (SSSR count). The smallest absolute Gasteiger partial charge is 0.156 e. The molecule has 0 bridgehead atoms. The minimum atomic E-state index is -2.82. The molecule has 1 aliphatic heterocycles. The number of nitrogens with two attached hydrogens (primary N) is 1. The molecule has 15 heavy (non-hydrogen) atoms. The molecule has 4 nitrogen and oxygen atoms in total. The minimum Gasteiger partial charge on any atom is -0.508 e. The lowest BCUT2D eigenvalue weighted by Gasteiger charge is -2.06. The number of phenolic OH excluding ortho intramolecular Hbond substituents is 1. The molecule has 1 aromatic rings. The number of quaternary nitrogens is 1. The quantitative estimate of drug-likeness (QED) is 0.687. The lowest BCUT2D eigenvalue weighted by molar-refractivity contribution is -0.605. The highest BCUT2D eigenvalue weighted by molar-refractivity contribution is 7.91. The van der Waals surface area contributed by atoms with Crippen molar-refractivity contribution in [1.82, 2.24) is 0 Å². The first kappa shape index (κ1) is 10.4. The van der Waals surface area contributed by atoms with Gasteiger partial charge in [-0.1, -0.05) is 6.07 Å². The van der Waals surface area contributed by atoms with Crippen molar-refractivity contribution in [2.75, 3.05) is 11.5 Å². The Labute approximate surface area is 88.9 Å². The summed E-state index contributed by atoms with van der Waals surface area (Å²) in [6.45, 7) is 0. The molecule has 1 fully saturated rings. The number of aromatic hydroxyl groups is 1. The molecule has 5 heteroatoms. The third kappa shape index (κ3) is 2.70. The van der Waals surface area contributed by atoms with Crippen molar-refractivity contribution in [1.29, 1.82) is 0 Å². The van der Waals surface area contributed by atoms with E-state index in [1.807, 2.05) is 11.4 Å². The van der Waals surface area contributed by atoms with Crippen molar-refractivity contribution < 1.29 is 18.8 Å². The van der Waals surface area contributed by atoms with Crippen LogP contribution >= 0.6 is 0 Å². The largest absolute Gasteiger partial charge is 0.508 e. The highest BCUT2D eigenvalue weighted by atomic mass is 32.2. The predicted octanol–water partition coefficient (Wildman–Crippen LogP) is -0.226. The summed E-state index contributed by atoms with van der Waals surface area (Å²) < 4.78 is 22.5. The van der Waals surface area contributed by atoms with E-state index in [1.165, 1.54) is 0 Å². The Bertz CT molecular complexity index is 455. The molecule has 1 atom stereocenters. The van der Waals surface area contributed by atoms with Crippen LogP contribution in [-0.2, 0) is 9.84 Å². The van der Waals surface area contributed by atoms with Gasteiger partial charge in [-0.2, -0.15) is 0 Å². The van der Waals surface area contributed by atoms with E-state index in [1.54, 1.807) is 18.2 Å². The Balaban J connectivity index is 2.05. The number of hydrogen-bond donors (Lipinski definition) is 2. The lowest BCUT2D eigenvalue weighted by Crippen LogP contribution is -2.85. The second-order valence-electron chi connectivity index (χ2n) is 3.92. The normalized spacial score (nSPS) is 24.1. The molecule has 1 unspecified atom stereocenters. The average molecular weight is 228 g/mol. The van der Waals surface area contributed by atoms with Gasteiger partial charge in [0, 0.05) is 12.5 Å². The second kappa shape index (κ2) is 3.83. The molecule has 1 heterocycles. The van der Waals surface area contributed by atoms with Gasteiger partial charge in [0.1, 0.15) is 23.2 Å². The van der Waals surface area contributed by atoms with Crippen molar-refractivity contribution in [3.05, 3.63) is 24.3 Å². The fraction of sp³-hybridized carbons (Fsp3) is 0.400. The zero-order valence-electron chi connectivity index (χ0n) is 8.26. The molecule has 0 radical (unpaired) electrons. The molecule has 0 saturated carbocycles. The number of phenols is 1. The molecular weight excluding hydrogens is 214 g/mol. The zero-order valence-corrected chi connectivity index (χ0v) is 9.07. The van der Waals surface area contributed by atoms with Crippen LogP contribution in [0.25, 0.3) is 0 Å². The molecule has 3 N–H and O–H groups in total. The van der Waals surface area contributed by atoms with Crippen molar-refractivity contribution in [2.45, 2.75) is 12.5 Å². The molecule has 1 aromatic carbocycles. The summed E-state index contributed by atoms with van der Waals surface area (Å²) in [6.07, 6.45) is 0.692. The van der Waals surface area contributed by atoms with Crippen molar-refractivity contribution in [3.8, 4) is 5.75 Å². The van der Waals surface area contributed by atoms with Gasteiger partial charge in [-0.25, -0.2) is 8.42 Å². The van der Waals surface area contributed by atoms with Gasteiger partial charge in [0.05, 0.1) is 5.75 Å². The van der Waals surface area contributed by atoms with Crippen LogP contribution in [0.3, 0.4) is 0 Å². The van der Waals surface area contributed by atoms with Crippen molar-refractivity contribution in [3.63, 3.8) is 0 Å². The van der Waals surface area contributed by atoms with Crippen LogP contribution in [0.4, 0.5) is 5.69 Å². The number of sulfone groups is 1. The van der Waals surface area contributed by atoms with E-state index in [4.69, 9.17) is 0 Å². The third-order valence-corrected chi connectivity index (χ3v) is 4.36. The first-order valence-corrected chi connectivity index (χ1v) is 6.72. The minimum absolute atomic E-state index is 0.0943. The molecule has 1 saturated heterocycles. The molecular formula is C10H14NO3S+. The zero-order chi connectivity index (χ0) is 10.9. The Kier molecular flexibility index (Phi) is 2.67. The fourth-order valence-corrected chi connectivity index (χ4v) is 3.60. The third-order valence-electron chi connectivity index (χ3n) is 2.57. The molecule has 0 aliphatic carbocycles. The van der Waals surface area contributed by atoms with Gasteiger partial charge >= 0.3 is 0 Å². The topological polar surface area (TPSA) is 71.0 Å². The SMILES string of the molecule is O=S1(=O)CCC([NH2+]c2cccc(O)c2)C1. The van der Waals surface area contributed by atoms with Gasteiger partial charge in [-0.3, -0.25) is 0 Å². The molecule has 0 amide bonds. The van der Waals surface area contributed by atoms with Crippen molar-refractivity contribution >= 4 is 15.5 Å². The Morgan fingerprint density at radius 1 is 1.40 bits per heavy atom. The summed E-state index contributed by atoms with van der Waals surface area (Å²) in [5.41, 5.74) is 0.886. The van der Waals surface area contributed by atoms with Gasteiger partial charge in [-0.15, -0.1) is 0 Å². The van der Waals surface area contributed by atoms with Crippen LogP contribution in [-0.4, -0.2) is 31.1 Å². The molecule has 0 spiro atoms. The Morgan fingerprint density at radius 3 is 2.80 bits per heavy atom. The maximum Gasteiger partial charge on any atom is 0.156 e. The van der Waals surface area contributed by atoms with Gasteiger partial charge in [0.2, 0.25) is 0 Å². The monoisotopic (exact) mass is 228 g/mol. The second-order valence-corrected chi connectivity index (χ2v) is 6.15. The summed E-state index contributed by atoms with van der Waals surface area (Å²) in [4.78, 5) is 0. The van der Waals surface area contributed by atoms with E-state index in [0.29, 0.717) is 6.42 Å². The fourth-order valence-electron chi connectivity index (χ4n) is 1.86. The maximum absolute atomic E-state index is 11.2. The predicted molar refractivity (Wildman–Crippen MR) is 56.8 cm³/mol. The standard InChI is InChI=1S/C10H13NO3S/c12-10-3-1-2-8(6-10)11-9-4-5-15(13,14)7-9/h1-3,6,9,11-12H,4-5,7H2/p+1. The highest BCUT2D eigenvalue weighted by Crippen LogP contribution is 2.13. The summed E-state index contributed by atoms with van der Waals surface area (Å²) >= 11 is 0. The maximum atomic E-state index is 11.2. The van der Waals surface area contributed by atoms with E-state index in [2.05, 4.69) is 0 Å². The number of rotatable bonds is 2. The van der Waals surface area contributed by atoms with Crippen LogP contribution in [0, 0.1) is 0 Å². The number of hydrogen-bond acceptors (Lipinski definition) is 3. The average Bonchev–Trinajstić information content (AvgIpc) is 2.45. The summed E-state index contributed by atoms with van der Waals surface area (Å²) in [5.74, 6) is 0.736. The first-order valence-electron chi connectivity index (χ1n) is 4.89. The van der Waals surface area contributed by atoms with E-state index < -0.39 is 9.84 Å². The van der Waals surface area contributed by atoms with Gasteiger partial charge in [0.15, 0.2) is 9.84 Å². The Hall–Kier alpha value is -1.07. The van der Waals surface area contributed by atoms with Crippen LogP contribution in [0.15, 0.2) is 24.3 Å². The summed E-state index contributed by atoms with van der Waals surface area (Å²) in [7, 11) is -2.82. The Morgan fingerprint density at radius 2 is 2.20 bits per heavy atom. The number of benzene rings is 1. The van der Waals surface area contributed by atoms with E-state index in [0.717, 1.165) is 5.69 Å². The van der Waals surface area contributed by atoms with Crippen LogP contribution in [0.1, 0.15) is 6.42 Å². The van der Waals surface area contributed by atoms with E-state index in [9.17, 15) is 13.5 Å². The van der Waals surface area contributed by atoms with Crippen LogP contribution in [0.2, 0.25) is 0 Å². The van der Waals surface area contributed by atoms with Crippen LogP contribution < -0.4 is 5.32 Å². The first-order chi connectivity index (χ1) is 7.05. The lowest BCUT2D eigenvalue weighted by atomic mass is 10.2. The summed E-state index contributed by atoms with van der Waals surface area (Å²) in [5, 5.41) is 11.2.